The average molecular weight is 278 g/mol. The highest BCUT2D eigenvalue weighted by molar-refractivity contribution is 6.30. The zero-order valence-corrected chi connectivity index (χ0v) is 12.3. The van der Waals surface area contributed by atoms with E-state index in [1.165, 1.54) is 25.7 Å². The summed E-state index contributed by atoms with van der Waals surface area (Å²) in [6.45, 7) is 0.871. The molecule has 19 heavy (non-hydrogen) atoms. The van der Waals surface area contributed by atoms with E-state index in [2.05, 4.69) is 30.4 Å². The van der Waals surface area contributed by atoms with Crippen molar-refractivity contribution in [3.63, 3.8) is 0 Å². The standard InChI is InChI=1S/C15H20ClN3/c1-19(2)15(7-3-4-8-15)11-18-14-6-5-13(16)9-12(14)10-17/h5-6,9,18H,3-4,7-8,11H2,1-2H3. The van der Waals surface area contributed by atoms with Gasteiger partial charge in [-0.25, -0.2) is 0 Å². The number of nitrogens with zero attached hydrogens (tertiary/aromatic N) is 2. The van der Waals surface area contributed by atoms with E-state index in [9.17, 15) is 0 Å². The Bertz CT molecular complexity index is 485. The summed E-state index contributed by atoms with van der Waals surface area (Å²) in [6.07, 6.45) is 4.99. The molecule has 0 heterocycles. The first-order chi connectivity index (χ1) is 9.07. The van der Waals surface area contributed by atoms with Crippen LogP contribution in [0.15, 0.2) is 18.2 Å². The molecule has 0 atom stereocenters. The molecule has 1 fully saturated rings. The first-order valence-electron chi connectivity index (χ1n) is 6.68. The number of hydrogen-bond acceptors (Lipinski definition) is 3. The van der Waals surface area contributed by atoms with Crippen molar-refractivity contribution in [2.45, 2.75) is 31.2 Å². The molecule has 1 aliphatic rings. The Morgan fingerprint density at radius 1 is 1.37 bits per heavy atom. The van der Waals surface area contributed by atoms with Crippen LogP contribution in [0.1, 0.15) is 31.2 Å². The van der Waals surface area contributed by atoms with Crippen molar-refractivity contribution in [3.05, 3.63) is 28.8 Å². The fraction of sp³-hybridized carbons (Fsp3) is 0.533. The molecule has 1 N–H and O–H groups in total. The van der Waals surface area contributed by atoms with E-state index < -0.39 is 0 Å². The van der Waals surface area contributed by atoms with E-state index in [4.69, 9.17) is 16.9 Å². The van der Waals surface area contributed by atoms with E-state index in [0.29, 0.717) is 10.6 Å². The van der Waals surface area contributed by atoms with E-state index in [-0.39, 0.29) is 5.54 Å². The number of hydrogen-bond donors (Lipinski definition) is 1. The predicted octanol–water partition coefficient (Wildman–Crippen LogP) is 3.50. The summed E-state index contributed by atoms with van der Waals surface area (Å²) in [4.78, 5) is 2.31. The molecule has 2 rings (SSSR count). The van der Waals surface area contributed by atoms with E-state index >= 15 is 0 Å². The van der Waals surface area contributed by atoms with Gasteiger partial charge in [0.2, 0.25) is 0 Å². The van der Waals surface area contributed by atoms with Crippen molar-refractivity contribution < 1.29 is 0 Å². The quantitative estimate of drug-likeness (QED) is 0.916. The first-order valence-corrected chi connectivity index (χ1v) is 7.06. The minimum atomic E-state index is 0.215. The Morgan fingerprint density at radius 3 is 2.63 bits per heavy atom. The van der Waals surface area contributed by atoms with Gasteiger partial charge in [-0.15, -0.1) is 0 Å². The molecular weight excluding hydrogens is 258 g/mol. The summed E-state index contributed by atoms with van der Waals surface area (Å²) >= 11 is 5.91. The van der Waals surface area contributed by atoms with Crippen LogP contribution in [0.4, 0.5) is 5.69 Å². The number of nitriles is 1. The van der Waals surface area contributed by atoms with Crippen molar-refractivity contribution in [3.8, 4) is 6.07 Å². The molecule has 102 valence electrons. The normalized spacial score (nSPS) is 17.4. The highest BCUT2D eigenvalue weighted by Crippen LogP contribution is 2.34. The summed E-state index contributed by atoms with van der Waals surface area (Å²) in [5.41, 5.74) is 1.70. The van der Waals surface area contributed by atoms with Gasteiger partial charge in [0.05, 0.1) is 11.3 Å². The smallest absolute Gasteiger partial charge is 0.101 e. The third-order valence-corrected chi connectivity index (χ3v) is 4.43. The lowest BCUT2D eigenvalue weighted by Crippen LogP contribution is -2.47. The van der Waals surface area contributed by atoms with Crippen LogP contribution in [0.5, 0.6) is 0 Å². The molecular formula is C15H20ClN3. The van der Waals surface area contributed by atoms with Crippen LogP contribution in [0.2, 0.25) is 5.02 Å². The van der Waals surface area contributed by atoms with Crippen molar-refractivity contribution >= 4 is 17.3 Å². The van der Waals surface area contributed by atoms with Crippen LogP contribution in [0.3, 0.4) is 0 Å². The molecule has 3 nitrogen and oxygen atoms in total. The summed E-state index contributed by atoms with van der Waals surface area (Å²) in [6, 6.07) is 7.61. The summed E-state index contributed by atoms with van der Waals surface area (Å²) < 4.78 is 0. The molecule has 0 radical (unpaired) electrons. The fourth-order valence-corrected chi connectivity index (χ4v) is 3.01. The van der Waals surface area contributed by atoms with E-state index in [1.807, 2.05) is 12.1 Å². The van der Waals surface area contributed by atoms with Crippen LogP contribution >= 0.6 is 11.6 Å². The fourth-order valence-electron chi connectivity index (χ4n) is 2.84. The van der Waals surface area contributed by atoms with Gasteiger partial charge in [-0.3, -0.25) is 0 Å². The average Bonchev–Trinajstić information content (AvgIpc) is 2.87. The maximum atomic E-state index is 9.15. The Morgan fingerprint density at radius 2 is 2.05 bits per heavy atom. The van der Waals surface area contributed by atoms with Crippen molar-refractivity contribution in [1.82, 2.24) is 4.90 Å². The van der Waals surface area contributed by atoms with Gasteiger partial charge >= 0.3 is 0 Å². The molecule has 1 aliphatic carbocycles. The molecule has 0 bridgehead atoms. The topological polar surface area (TPSA) is 39.1 Å². The van der Waals surface area contributed by atoms with Crippen LogP contribution in [0, 0.1) is 11.3 Å². The highest BCUT2D eigenvalue weighted by atomic mass is 35.5. The largest absolute Gasteiger partial charge is 0.382 e. The predicted molar refractivity (Wildman–Crippen MR) is 79.5 cm³/mol. The molecule has 0 aromatic heterocycles. The van der Waals surface area contributed by atoms with Crippen molar-refractivity contribution in [1.29, 1.82) is 5.26 Å². The van der Waals surface area contributed by atoms with Gasteiger partial charge in [-0.05, 0) is 45.1 Å². The molecule has 0 spiro atoms. The van der Waals surface area contributed by atoms with E-state index in [0.717, 1.165) is 12.2 Å². The lowest BCUT2D eigenvalue weighted by molar-refractivity contribution is 0.172. The third kappa shape index (κ3) is 3.02. The molecule has 0 saturated heterocycles. The van der Waals surface area contributed by atoms with Gasteiger partial charge in [0.25, 0.3) is 0 Å². The summed E-state index contributed by atoms with van der Waals surface area (Å²) in [5, 5.41) is 13.2. The molecule has 1 aromatic rings. The minimum Gasteiger partial charge on any atom is -0.382 e. The monoisotopic (exact) mass is 277 g/mol. The van der Waals surface area contributed by atoms with Gasteiger partial charge in [0, 0.05) is 17.1 Å². The van der Waals surface area contributed by atoms with Gasteiger partial charge in [0.1, 0.15) is 6.07 Å². The second-order valence-corrected chi connectivity index (χ2v) is 5.92. The zero-order chi connectivity index (χ0) is 13.9. The molecule has 0 amide bonds. The minimum absolute atomic E-state index is 0.215. The Hall–Kier alpha value is -1.24. The van der Waals surface area contributed by atoms with Gasteiger partial charge < -0.3 is 10.2 Å². The molecule has 1 saturated carbocycles. The number of nitrogens with one attached hydrogen (secondary N) is 1. The number of benzene rings is 1. The third-order valence-electron chi connectivity index (χ3n) is 4.19. The van der Waals surface area contributed by atoms with Gasteiger partial charge in [0.15, 0.2) is 0 Å². The van der Waals surface area contributed by atoms with Crippen molar-refractivity contribution in [2.24, 2.45) is 0 Å². The highest BCUT2D eigenvalue weighted by Gasteiger charge is 2.35. The van der Waals surface area contributed by atoms with Crippen LogP contribution in [-0.4, -0.2) is 31.1 Å². The second kappa shape index (κ2) is 5.81. The SMILES string of the molecule is CN(C)C1(CNc2ccc(Cl)cc2C#N)CCCC1. The van der Waals surface area contributed by atoms with Crippen LogP contribution in [0.25, 0.3) is 0 Å². The Kier molecular flexibility index (Phi) is 4.34. The lowest BCUT2D eigenvalue weighted by Gasteiger charge is -2.37. The Balaban J connectivity index is 2.12. The molecule has 0 unspecified atom stereocenters. The molecule has 1 aromatic carbocycles. The number of anilines is 1. The van der Waals surface area contributed by atoms with Gasteiger partial charge in [-0.2, -0.15) is 5.26 Å². The zero-order valence-electron chi connectivity index (χ0n) is 11.5. The summed E-state index contributed by atoms with van der Waals surface area (Å²) in [5.74, 6) is 0. The summed E-state index contributed by atoms with van der Waals surface area (Å²) in [7, 11) is 4.28. The lowest BCUT2D eigenvalue weighted by atomic mass is 9.95. The second-order valence-electron chi connectivity index (χ2n) is 5.48. The maximum Gasteiger partial charge on any atom is 0.101 e. The van der Waals surface area contributed by atoms with Crippen molar-refractivity contribution in [2.75, 3.05) is 26.0 Å². The first kappa shape index (κ1) is 14.2. The van der Waals surface area contributed by atoms with Gasteiger partial charge in [-0.1, -0.05) is 24.4 Å². The number of rotatable bonds is 4. The maximum absolute atomic E-state index is 9.15. The number of likely N-dealkylation sites (N-methyl/N-ethyl adjacent to an activating group) is 1. The van der Waals surface area contributed by atoms with Crippen LogP contribution < -0.4 is 5.32 Å². The Labute approximate surface area is 120 Å². The number of halogens is 1. The van der Waals surface area contributed by atoms with E-state index in [1.54, 1.807) is 6.07 Å². The van der Waals surface area contributed by atoms with Crippen LogP contribution in [-0.2, 0) is 0 Å². The molecule has 0 aliphatic heterocycles. The molecule has 4 heteroatoms.